The van der Waals surface area contributed by atoms with E-state index in [1.165, 1.54) is 0 Å². The van der Waals surface area contributed by atoms with Crippen LogP contribution < -0.4 is 5.32 Å². The molecule has 2 aromatic heterocycles. The molecule has 8 nitrogen and oxygen atoms in total. The number of nitrogens with zero attached hydrogens (tertiary/aromatic N) is 3. The molecule has 1 aromatic carbocycles. The van der Waals surface area contributed by atoms with E-state index in [1.807, 2.05) is 55.7 Å². The van der Waals surface area contributed by atoms with E-state index in [9.17, 15) is 13.2 Å². The van der Waals surface area contributed by atoms with Crippen molar-refractivity contribution in [2.75, 3.05) is 25.2 Å². The number of ether oxygens (including phenoxy) is 1. The minimum atomic E-state index is -3.08. The molecule has 1 saturated heterocycles. The molecule has 0 saturated carbocycles. The number of carbonyl (C=O) groups excluding carboxylic acids is 1. The molecular weight excluding hydrogens is 428 g/mol. The number of imidazole rings is 1. The number of carbonyl (C=O) groups is 1. The third kappa shape index (κ3) is 4.40. The van der Waals surface area contributed by atoms with Crippen molar-refractivity contribution >= 4 is 26.8 Å². The van der Waals surface area contributed by atoms with Crippen LogP contribution in [0.25, 0.3) is 22.3 Å². The van der Waals surface area contributed by atoms with Crippen molar-refractivity contribution in [3.63, 3.8) is 0 Å². The van der Waals surface area contributed by atoms with Gasteiger partial charge in [-0.15, -0.1) is 0 Å². The van der Waals surface area contributed by atoms with Gasteiger partial charge in [0.05, 0.1) is 35.4 Å². The molecule has 2 atom stereocenters. The quantitative estimate of drug-likeness (QED) is 0.612. The van der Waals surface area contributed by atoms with Gasteiger partial charge in [-0.2, -0.15) is 0 Å². The number of benzene rings is 1. The lowest BCUT2D eigenvalue weighted by Crippen LogP contribution is -2.36. The molecule has 1 fully saturated rings. The summed E-state index contributed by atoms with van der Waals surface area (Å²) in [6.45, 7) is 6.08. The number of rotatable bonds is 6. The van der Waals surface area contributed by atoms with Gasteiger partial charge in [0.2, 0.25) is 0 Å². The van der Waals surface area contributed by atoms with Crippen LogP contribution in [0, 0.1) is 13.8 Å². The molecule has 170 valence electrons. The minimum absolute atomic E-state index is 0.0773. The minimum Gasteiger partial charge on any atom is -0.383 e. The van der Waals surface area contributed by atoms with Crippen LogP contribution in [-0.2, 0) is 14.6 Å². The van der Waals surface area contributed by atoms with E-state index >= 15 is 0 Å². The zero-order chi connectivity index (χ0) is 23.0. The Balaban J connectivity index is 1.88. The second-order valence-corrected chi connectivity index (χ2v) is 10.7. The van der Waals surface area contributed by atoms with Crippen LogP contribution in [0.5, 0.6) is 0 Å². The number of aromatic nitrogens is 3. The average Bonchev–Trinajstić information content (AvgIpc) is 3.25. The van der Waals surface area contributed by atoms with Crippen LogP contribution in [0.1, 0.15) is 41.3 Å². The molecular formula is C23H28N4O4S. The molecule has 2 unspecified atom stereocenters. The van der Waals surface area contributed by atoms with Crippen molar-refractivity contribution in [3.05, 3.63) is 47.4 Å². The number of fused-ring (bicyclic) bond motifs is 1. The van der Waals surface area contributed by atoms with Crippen LogP contribution in [-0.4, -0.2) is 60.1 Å². The number of sulfone groups is 1. The topological polar surface area (TPSA) is 103 Å². The standard InChI is InChI=1S/C23H28N4O4S/c1-14-5-7-17(8-6-14)19-11-20-21(22(26-19)23(28)24-15(2)12-31-4)25-16(3)27(20)18-9-10-32(29,30)13-18/h5-8,11,15,18H,9-10,12-13H2,1-4H3,(H,24,28). The van der Waals surface area contributed by atoms with Gasteiger partial charge in [0, 0.05) is 18.7 Å². The Morgan fingerprint density at radius 3 is 2.59 bits per heavy atom. The van der Waals surface area contributed by atoms with Gasteiger partial charge in [-0.25, -0.2) is 18.4 Å². The Morgan fingerprint density at radius 1 is 1.25 bits per heavy atom. The fourth-order valence-corrected chi connectivity index (χ4v) is 5.96. The van der Waals surface area contributed by atoms with Crippen LogP contribution in [0.3, 0.4) is 0 Å². The van der Waals surface area contributed by atoms with E-state index in [1.54, 1.807) is 7.11 Å². The summed E-state index contributed by atoms with van der Waals surface area (Å²) in [5, 5.41) is 2.92. The Bertz CT molecular complexity index is 1270. The van der Waals surface area contributed by atoms with Gasteiger partial charge in [-0.05, 0) is 33.3 Å². The number of hydrogen-bond donors (Lipinski definition) is 1. The van der Waals surface area contributed by atoms with Crippen molar-refractivity contribution in [1.29, 1.82) is 0 Å². The Morgan fingerprint density at radius 2 is 1.97 bits per heavy atom. The highest BCUT2D eigenvalue weighted by Crippen LogP contribution is 2.32. The first kappa shape index (κ1) is 22.4. The van der Waals surface area contributed by atoms with Gasteiger partial charge in [0.15, 0.2) is 15.5 Å². The second kappa shape index (κ2) is 8.63. The van der Waals surface area contributed by atoms with E-state index < -0.39 is 9.84 Å². The highest BCUT2D eigenvalue weighted by molar-refractivity contribution is 7.91. The normalized spacial score (nSPS) is 18.7. The molecule has 1 N–H and O–H groups in total. The number of aryl methyl sites for hydroxylation is 2. The van der Waals surface area contributed by atoms with Gasteiger partial charge in [0.25, 0.3) is 5.91 Å². The van der Waals surface area contributed by atoms with Gasteiger partial charge < -0.3 is 14.6 Å². The second-order valence-electron chi connectivity index (χ2n) is 8.51. The lowest BCUT2D eigenvalue weighted by atomic mass is 10.1. The number of hydrogen-bond acceptors (Lipinski definition) is 6. The van der Waals surface area contributed by atoms with Crippen LogP contribution in [0.4, 0.5) is 0 Å². The number of amides is 1. The molecule has 32 heavy (non-hydrogen) atoms. The molecule has 0 aliphatic carbocycles. The lowest BCUT2D eigenvalue weighted by molar-refractivity contribution is 0.0902. The van der Waals surface area contributed by atoms with E-state index in [2.05, 4.69) is 15.3 Å². The summed E-state index contributed by atoms with van der Waals surface area (Å²) in [6, 6.07) is 9.41. The molecule has 1 aliphatic rings. The number of methoxy groups -OCH3 is 1. The maximum absolute atomic E-state index is 13.2. The van der Waals surface area contributed by atoms with Crippen LogP contribution in [0.15, 0.2) is 30.3 Å². The summed E-state index contributed by atoms with van der Waals surface area (Å²) in [6.07, 6.45) is 0.531. The molecule has 0 spiro atoms. The van der Waals surface area contributed by atoms with Crippen LogP contribution in [0.2, 0.25) is 0 Å². The Labute approximate surface area is 187 Å². The first-order valence-corrected chi connectivity index (χ1v) is 12.5. The summed E-state index contributed by atoms with van der Waals surface area (Å²) in [7, 11) is -1.50. The maximum Gasteiger partial charge on any atom is 0.272 e. The predicted molar refractivity (Wildman–Crippen MR) is 124 cm³/mol. The molecule has 0 radical (unpaired) electrons. The zero-order valence-electron chi connectivity index (χ0n) is 18.8. The molecule has 9 heteroatoms. The average molecular weight is 457 g/mol. The fourth-order valence-electron chi connectivity index (χ4n) is 4.26. The molecule has 3 aromatic rings. The lowest BCUT2D eigenvalue weighted by Gasteiger charge is -2.16. The molecule has 0 bridgehead atoms. The zero-order valence-corrected chi connectivity index (χ0v) is 19.6. The SMILES string of the molecule is COCC(C)NC(=O)c1nc(-c2ccc(C)cc2)cc2c1nc(C)n2C1CCS(=O)(=O)C1. The van der Waals surface area contributed by atoms with E-state index in [0.717, 1.165) is 16.6 Å². The fraction of sp³-hybridized carbons (Fsp3) is 0.435. The predicted octanol–water partition coefficient (Wildman–Crippen LogP) is 2.84. The van der Waals surface area contributed by atoms with E-state index in [-0.39, 0.29) is 35.2 Å². The van der Waals surface area contributed by atoms with Crippen molar-refractivity contribution in [2.45, 2.75) is 39.3 Å². The van der Waals surface area contributed by atoms with Crippen molar-refractivity contribution < 1.29 is 17.9 Å². The third-order valence-electron chi connectivity index (χ3n) is 5.78. The van der Waals surface area contributed by atoms with Crippen molar-refractivity contribution in [3.8, 4) is 11.3 Å². The molecule has 3 heterocycles. The van der Waals surface area contributed by atoms with Crippen molar-refractivity contribution in [2.24, 2.45) is 0 Å². The Hall–Kier alpha value is -2.78. The highest BCUT2D eigenvalue weighted by Gasteiger charge is 2.32. The third-order valence-corrected chi connectivity index (χ3v) is 7.53. The molecule has 1 aliphatic heterocycles. The summed E-state index contributed by atoms with van der Waals surface area (Å²) in [4.78, 5) is 22.5. The summed E-state index contributed by atoms with van der Waals surface area (Å²) >= 11 is 0. The smallest absolute Gasteiger partial charge is 0.272 e. The van der Waals surface area contributed by atoms with E-state index in [0.29, 0.717) is 30.1 Å². The summed E-state index contributed by atoms with van der Waals surface area (Å²) in [5.41, 5.74) is 4.07. The van der Waals surface area contributed by atoms with Crippen molar-refractivity contribution in [1.82, 2.24) is 19.9 Å². The van der Waals surface area contributed by atoms with Gasteiger partial charge in [-0.1, -0.05) is 29.8 Å². The van der Waals surface area contributed by atoms with Gasteiger partial charge in [0.1, 0.15) is 11.3 Å². The number of nitrogens with one attached hydrogen (secondary N) is 1. The molecule has 4 rings (SSSR count). The van der Waals surface area contributed by atoms with Gasteiger partial charge in [-0.3, -0.25) is 4.79 Å². The summed E-state index contributed by atoms with van der Waals surface area (Å²) in [5.74, 6) is 0.573. The van der Waals surface area contributed by atoms with E-state index in [4.69, 9.17) is 4.74 Å². The number of pyridine rings is 1. The largest absolute Gasteiger partial charge is 0.383 e. The van der Waals surface area contributed by atoms with Crippen LogP contribution >= 0.6 is 0 Å². The monoisotopic (exact) mass is 456 g/mol. The highest BCUT2D eigenvalue weighted by atomic mass is 32.2. The first-order valence-electron chi connectivity index (χ1n) is 10.7. The Kier molecular flexibility index (Phi) is 6.05. The molecule has 1 amide bonds. The van der Waals surface area contributed by atoms with Gasteiger partial charge >= 0.3 is 0 Å². The summed E-state index contributed by atoms with van der Waals surface area (Å²) < 4.78 is 31.4. The first-order chi connectivity index (χ1) is 15.2. The maximum atomic E-state index is 13.2.